The van der Waals surface area contributed by atoms with Crippen LogP contribution in [0.2, 0.25) is 0 Å². The maximum atomic E-state index is 7.26. The summed E-state index contributed by atoms with van der Waals surface area (Å²) in [6.07, 6.45) is 9.00. The van der Waals surface area contributed by atoms with E-state index in [9.17, 15) is 0 Å². The first-order chi connectivity index (χ1) is 25.3. The summed E-state index contributed by atoms with van der Waals surface area (Å²) in [6.45, 7) is 0. The van der Waals surface area contributed by atoms with Crippen LogP contribution in [0.25, 0.3) is 44.5 Å². The molecule has 10 rings (SSSR count). The summed E-state index contributed by atoms with van der Waals surface area (Å²) in [6, 6.07) is 57.7. The number of benzene rings is 7. The van der Waals surface area contributed by atoms with Crippen LogP contribution in [0.15, 0.2) is 188 Å². The molecule has 2 aliphatic heterocycles. The van der Waals surface area contributed by atoms with Gasteiger partial charge in [-0.3, -0.25) is 0 Å². The SMILES string of the molecule is C1=CC2c3ccc(-c4cccc5c4-c4ccccc4Oc4ccccc4-c4cccc(-c6ccccc6)c4O5)cc3N(c3ccccc3)C2C=C1. The number of fused-ring (bicyclic) bond motifs is 9. The van der Waals surface area contributed by atoms with Crippen molar-refractivity contribution in [3.05, 3.63) is 194 Å². The lowest BCUT2D eigenvalue weighted by Gasteiger charge is -2.29. The molecule has 0 saturated carbocycles. The lowest BCUT2D eigenvalue weighted by molar-refractivity contribution is 0.473. The minimum atomic E-state index is 0.219. The Morgan fingerprint density at radius 2 is 1.06 bits per heavy atom. The number of ether oxygens (including phenoxy) is 2. The first-order valence-corrected chi connectivity index (χ1v) is 17.5. The largest absolute Gasteiger partial charge is 0.456 e. The highest BCUT2D eigenvalue weighted by atomic mass is 16.5. The average Bonchev–Trinajstić information content (AvgIpc) is 3.53. The Labute approximate surface area is 298 Å². The van der Waals surface area contributed by atoms with Crippen molar-refractivity contribution in [1.29, 1.82) is 0 Å². The van der Waals surface area contributed by atoms with Crippen LogP contribution in [0, 0.1) is 0 Å². The van der Waals surface area contributed by atoms with Crippen molar-refractivity contribution in [2.75, 3.05) is 4.90 Å². The Balaban J connectivity index is 1.21. The molecule has 3 heteroatoms. The van der Waals surface area contributed by atoms with Gasteiger partial charge < -0.3 is 14.4 Å². The molecule has 51 heavy (non-hydrogen) atoms. The summed E-state index contributed by atoms with van der Waals surface area (Å²) in [4.78, 5) is 2.48. The van der Waals surface area contributed by atoms with Crippen molar-refractivity contribution < 1.29 is 9.47 Å². The first kappa shape index (κ1) is 29.3. The number of rotatable bonds is 3. The van der Waals surface area contributed by atoms with Gasteiger partial charge in [-0.05, 0) is 58.7 Å². The van der Waals surface area contributed by atoms with Gasteiger partial charge in [0.1, 0.15) is 23.0 Å². The molecule has 2 heterocycles. The Kier molecular flexibility index (Phi) is 6.95. The molecule has 0 saturated heterocycles. The predicted molar refractivity (Wildman–Crippen MR) is 208 cm³/mol. The molecule has 0 aromatic heterocycles. The van der Waals surface area contributed by atoms with Crippen LogP contribution >= 0.6 is 0 Å². The van der Waals surface area contributed by atoms with Gasteiger partial charge in [-0.1, -0.05) is 152 Å². The molecule has 2 atom stereocenters. The van der Waals surface area contributed by atoms with Gasteiger partial charge in [0.25, 0.3) is 0 Å². The van der Waals surface area contributed by atoms with Gasteiger partial charge in [-0.2, -0.15) is 0 Å². The van der Waals surface area contributed by atoms with Gasteiger partial charge in [0.05, 0.1) is 6.04 Å². The third-order valence-electron chi connectivity index (χ3n) is 10.3. The van der Waals surface area contributed by atoms with Gasteiger partial charge in [-0.25, -0.2) is 0 Å². The lowest BCUT2D eigenvalue weighted by atomic mass is 9.89. The third-order valence-corrected chi connectivity index (χ3v) is 10.3. The molecule has 0 fully saturated rings. The van der Waals surface area contributed by atoms with Crippen LogP contribution in [-0.4, -0.2) is 6.04 Å². The Morgan fingerprint density at radius 1 is 0.431 bits per heavy atom. The van der Waals surface area contributed by atoms with Crippen molar-refractivity contribution in [1.82, 2.24) is 0 Å². The monoisotopic (exact) mass is 655 g/mol. The highest BCUT2D eigenvalue weighted by Gasteiger charge is 2.37. The zero-order valence-electron chi connectivity index (χ0n) is 27.8. The van der Waals surface area contributed by atoms with Crippen molar-refractivity contribution in [2.24, 2.45) is 0 Å². The van der Waals surface area contributed by atoms with Crippen LogP contribution < -0.4 is 14.4 Å². The van der Waals surface area contributed by atoms with Crippen LogP contribution in [0.1, 0.15) is 11.5 Å². The van der Waals surface area contributed by atoms with E-state index in [1.165, 1.54) is 16.9 Å². The average molecular weight is 656 g/mol. The summed E-state index contributed by atoms with van der Waals surface area (Å²) in [5.74, 6) is 3.41. The van der Waals surface area contributed by atoms with Crippen molar-refractivity contribution in [2.45, 2.75) is 12.0 Å². The van der Waals surface area contributed by atoms with Crippen LogP contribution in [0.4, 0.5) is 11.4 Å². The van der Waals surface area contributed by atoms with Gasteiger partial charge in [0.2, 0.25) is 0 Å². The van der Waals surface area contributed by atoms with E-state index in [0.717, 1.165) is 67.5 Å². The second kappa shape index (κ2) is 12.1. The number of hydrogen-bond acceptors (Lipinski definition) is 3. The fraction of sp³-hybridized carbons (Fsp3) is 0.0417. The zero-order chi connectivity index (χ0) is 33.7. The van der Waals surface area contributed by atoms with E-state index in [4.69, 9.17) is 9.47 Å². The number of anilines is 2. The smallest absolute Gasteiger partial charge is 0.143 e. The zero-order valence-corrected chi connectivity index (χ0v) is 27.8. The van der Waals surface area contributed by atoms with Crippen LogP contribution in [0.3, 0.4) is 0 Å². The van der Waals surface area contributed by atoms with E-state index in [0.29, 0.717) is 0 Å². The van der Waals surface area contributed by atoms with Crippen LogP contribution in [-0.2, 0) is 0 Å². The van der Waals surface area contributed by atoms with Crippen molar-refractivity contribution >= 4 is 11.4 Å². The number of hydrogen-bond donors (Lipinski definition) is 0. The number of nitrogens with zero attached hydrogens (tertiary/aromatic N) is 1. The van der Waals surface area contributed by atoms with Crippen molar-refractivity contribution in [3.8, 4) is 67.5 Å². The molecular formula is C48H33NO2. The molecule has 1 aliphatic carbocycles. The summed E-state index contributed by atoms with van der Waals surface area (Å²) in [7, 11) is 0. The fourth-order valence-corrected chi connectivity index (χ4v) is 8.00. The van der Waals surface area contributed by atoms with E-state index in [2.05, 4.69) is 169 Å². The summed E-state index contributed by atoms with van der Waals surface area (Å²) in [5, 5.41) is 0. The molecular weight excluding hydrogens is 623 g/mol. The molecule has 0 bridgehead atoms. The minimum Gasteiger partial charge on any atom is -0.456 e. The molecule has 2 unspecified atom stereocenters. The van der Waals surface area contributed by atoms with E-state index >= 15 is 0 Å². The van der Waals surface area contributed by atoms with E-state index < -0.39 is 0 Å². The van der Waals surface area contributed by atoms with Gasteiger partial charge in [0, 0.05) is 45.1 Å². The maximum absolute atomic E-state index is 7.26. The Bertz CT molecular complexity index is 2500. The Morgan fingerprint density at radius 3 is 1.90 bits per heavy atom. The molecule has 0 radical (unpaired) electrons. The molecule has 242 valence electrons. The highest BCUT2D eigenvalue weighted by molar-refractivity contribution is 5.94. The van der Waals surface area contributed by atoms with Gasteiger partial charge in [0.15, 0.2) is 0 Å². The van der Waals surface area contributed by atoms with Crippen LogP contribution in [0.5, 0.6) is 23.0 Å². The number of allylic oxidation sites excluding steroid dienone is 2. The van der Waals surface area contributed by atoms with Gasteiger partial charge in [-0.15, -0.1) is 0 Å². The first-order valence-electron chi connectivity index (χ1n) is 17.5. The second-order valence-corrected chi connectivity index (χ2v) is 13.2. The number of para-hydroxylation sites is 4. The normalized spacial score (nSPS) is 16.4. The van der Waals surface area contributed by atoms with E-state index in [1.807, 2.05) is 24.3 Å². The quantitative estimate of drug-likeness (QED) is 0.189. The van der Waals surface area contributed by atoms with Crippen molar-refractivity contribution in [3.63, 3.8) is 0 Å². The van der Waals surface area contributed by atoms with E-state index in [-0.39, 0.29) is 12.0 Å². The second-order valence-electron chi connectivity index (χ2n) is 13.2. The third kappa shape index (κ3) is 4.89. The topological polar surface area (TPSA) is 21.7 Å². The minimum absolute atomic E-state index is 0.219. The predicted octanol–water partition coefficient (Wildman–Crippen LogP) is 13.0. The Hall–Kier alpha value is -6.58. The molecule has 7 aromatic rings. The molecule has 3 aliphatic rings. The maximum Gasteiger partial charge on any atom is 0.143 e. The fourth-order valence-electron chi connectivity index (χ4n) is 8.00. The lowest BCUT2D eigenvalue weighted by Crippen LogP contribution is -2.28. The highest BCUT2D eigenvalue weighted by Crippen LogP contribution is 2.53. The van der Waals surface area contributed by atoms with E-state index in [1.54, 1.807) is 0 Å². The molecule has 3 nitrogen and oxygen atoms in total. The van der Waals surface area contributed by atoms with Gasteiger partial charge >= 0.3 is 0 Å². The standard InChI is InChI=1S/C48H33NO2/c1-3-15-32(16-4-1)36-23-13-24-40-39-20-8-11-26-44(39)50-45-27-12-9-21-41(45)47-35(22-14-28-46(47)51-48(36)40)33-29-30-38-37-19-7-10-25-42(37)49(43(38)31-33)34-17-5-2-6-18-34/h1-31,37,42H. The molecule has 0 amide bonds. The summed E-state index contributed by atoms with van der Waals surface area (Å²) in [5.41, 5.74) is 12.0. The molecule has 0 N–H and O–H groups in total. The summed E-state index contributed by atoms with van der Waals surface area (Å²) < 4.78 is 14.2. The molecule has 0 spiro atoms. The summed E-state index contributed by atoms with van der Waals surface area (Å²) >= 11 is 0. The molecule has 7 aromatic carbocycles.